The van der Waals surface area contributed by atoms with Crippen LogP contribution in [-0.2, 0) is 4.79 Å². The number of ether oxygens (including phenoxy) is 1. The Balaban J connectivity index is 2.11. The van der Waals surface area contributed by atoms with Crippen molar-refractivity contribution in [1.82, 2.24) is 5.32 Å². The van der Waals surface area contributed by atoms with Gasteiger partial charge in [-0.3, -0.25) is 4.79 Å². The molecule has 5 heteroatoms. The van der Waals surface area contributed by atoms with E-state index in [-0.39, 0.29) is 12.5 Å². The highest BCUT2D eigenvalue weighted by molar-refractivity contribution is 7.80. The van der Waals surface area contributed by atoms with Crippen LogP contribution in [-0.4, -0.2) is 24.0 Å². The van der Waals surface area contributed by atoms with Gasteiger partial charge in [-0.05, 0) is 25.0 Å². The van der Waals surface area contributed by atoms with Gasteiger partial charge in [-0.15, -0.1) is 0 Å². The van der Waals surface area contributed by atoms with Gasteiger partial charge in [-0.1, -0.05) is 30.4 Å². The van der Waals surface area contributed by atoms with Crippen LogP contribution in [0, 0.1) is 0 Å². The van der Waals surface area contributed by atoms with Crippen molar-refractivity contribution in [3.8, 4) is 5.75 Å². The lowest BCUT2D eigenvalue weighted by Crippen LogP contribution is -2.30. The highest BCUT2D eigenvalue weighted by Gasteiger charge is 2.01. The first-order valence-electron chi connectivity index (χ1n) is 5.41. The molecule has 1 rings (SSSR count). The molecule has 0 aliphatic heterocycles. The number of nitrogens with two attached hydrogens (primary N) is 1. The number of amides is 1. The van der Waals surface area contributed by atoms with Crippen LogP contribution >= 0.6 is 12.2 Å². The van der Waals surface area contributed by atoms with E-state index in [0.717, 1.165) is 6.42 Å². The first-order valence-corrected chi connectivity index (χ1v) is 5.82. The Kier molecular flexibility index (Phi) is 6.03. The molecule has 0 spiro atoms. The summed E-state index contributed by atoms with van der Waals surface area (Å²) in [6.07, 6.45) is 1.40. The van der Waals surface area contributed by atoms with Gasteiger partial charge < -0.3 is 15.8 Å². The van der Waals surface area contributed by atoms with E-state index in [1.165, 1.54) is 0 Å². The molecule has 0 saturated carbocycles. The summed E-state index contributed by atoms with van der Waals surface area (Å²) in [5.74, 6) is 0.544. The topological polar surface area (TPSA) is 64.3 Å². The maximum Gasteiger partial charge on any atom is 0.257 e. The number of thiocarbonyl (C=S) groups is 1. The number of benzene rings is 1. The van der Waals surface area contributed by atoms with Crippen molar-refractivity contribution in [3.05, 3.63) is 30.3 Å². The van der Waals surface area contributed by atoms with Crippen molar-refractivity contribution in [2.24, 2.45) is 5.73 Å². The highest BCUT2D eigenvalue weighted by Crippen LogP contribution is 2.07. The largest absolute Gasteiger partial charge is 0.484 e. The van der Waals surface area contributed by atoms with Crippen molar-refractivity contribution in [2.75, 3.05) is 13.2 Å². The van der Waals surface area contributed by atoms with Gasteiger partial charge >= 0.3 is 0 Å². The number of rotatable bonds is 7. The van der Waals surface area contributed by atoms with E-state index in [1.807, 2.05) is 18.2 Å². The third-order valence-corrected chi connectivity index (χ3v) is 2.24. The zero-order valence-electron chi connectivity index (χ0n) is 9.52. The molecule has 1 aromatic rings. The van der Waals surface area contributed by atoms with Gasteiger partial charge in [0.05, 0.1) is 4.99 Å². The second-order valence-corrected chi connectivity index (χ2v) is 4.05. The highest BCUT2D eigenvalue weighted by atomic mass is 32.1. The van der Waals surface area contributed by atoms with Gasteiger partial charge in [0, 0.05) is 6.54 Å². The minimum Gasteiger partial charge on any atom is -0.484 e. The number of hydrogen-bond acceptors (Lipinski definition) is 3. The fourth-order valence-corrected chi connectivity index (χ4v) is 1.35. The van der Waals surface area contributed by atoms with Crippen LogP contribution in [0.25, 0.3) is 0 Å². The lowest BCUT2D eigenvalue weighted by Gasteiger charge is -2.06. The molecule has 17 heavy (non-hydrogen) atoms. The van der Waals surface area contributed by atoms with E-state index < -0.39 is 0 Å². The monoisotopic (exact) mass is 252 g/mol. The van der Waals surface area contributed by atoms with E-state index in [2.05, 4.69) is 5.32 Å². The molecule has 0 aliphatic rings. The van der Waals surface area contributed by atoms with E-state index in [0.29, 0.717) is 23.7 Å². The van der Waals surface area contributed by atoms with E-state index >= 15 is 0 Å². The van der Waals surface area contributed by atoms with Crippen LogP contribution in [0.5, 0.6) is 5.75 Å². The predicted molar refractivity (Wildman–Crippen MR) is 71.0 cm³/mol. The summed E-state index contributed by atoms with van der Waals surface area (Å²) in [5, 5.41) is 2.73. The van der Waals surface area contributed by atoms with Crippen molar-refractivity contribution < 1.29 is 9.53 Å². The number of nitrogens with one attached hydrogen (secondary N) is 1. The molecule has 0 saturated heterocycles. The Morgan fingerprint density at radius 1 is 1.35 bits per heavy atom. The third kappa shape index (κ3) is 6.52. The van der Waals surface area contributed by atoms with E-state index in [4.69, 9.17) is 22.7 Å². The smallest absolute Gasteiger partial charge is 0.257 e. The molecule has 92 valence electrons. The van der Waals surface area contributed by atoms with Gasteiger partial charge in [-0.25, -0.2) is 0 Å². The van der Waals surface area contributed by atoms with Crippen molar-refractivity contribution in [3.63, 3.8) is 0 Å². The minimum absolute atomic E-state index is 0.0249. The number of hydrogen-bond donors (Lipinski definition) is 2. The molecule has 3 N–H and O–H groups in total. The Labute approximate surface area is 106 Å². The molecule has 0 heterocycles. The van der Waals surface area contributed by atoms with Crippen LogP contribution in [0.1, 0.15) is 12.8 Å². The molecule has 0 unspecified atom stereocenters. The summed E-state index contributed by atoms with van der Waals surface area (Å²) in [4.78, 5) is 11.8. The van der Waals surface area contributed by atoms with Gasteiger partial charge in [0.25, 0.3) is 5.91 Å². The molecule has 4 nitrogen and oxygen atoms in total. The number of para-hydroxylation sites is 1. The summed E-state index contributed by atoms with van der Waals surface area (Å²) in [6.45, 7) is 0.589. The minimum atomic E-state index is -0.142. The lowest BCUT2D eigenvalue weighted by atomic mass is 10.3. The van der Waals surface area contributed by atoms with Crippen molar-refractivity contribution in [1.29, 1.82) is 0 Å². The molecular formula is C12H16N2O2S. The van der Waals surface area contributed by atoms with Crippen LogP contribution in [0.4, 0.5) is 0 Å². The Bertz CT molecular complexity index is 368. The quantitative estimate of drug-likeness (QED) is 0.566. The average molecular weight is 252 g/mol. The molecule has 0 bridgehead atoms. The lowest BCUT2D eigenvalue weighted by molar-refractivity contribution is -0.123. The summed E-state index contributed by atoms with van der Waals surface area (Å²) < 4.78 is 5.28. The molecule has 0 fully saturated rings. The summed E-state index contributed by atoms with van der Waals surface area (Å²) in [5.41, 5.74) is 5.34. The number of carbonyl (C=O) groups is 1. The Morgan fingerprint density at radius 2 is 2.06 bits per heavy atom. The Hall–Kier alpha value is -1.62. The van der Waals surface area contributed by atoms with Crippen molar-refractivity contribution in [2.45, 2.75) is 12.8 Å². The normalized spacial score (nSPS) is 9.65. The SMILES string of the molecule is NC(=S)CCCNC(=O)COc1ccccc1. The molecule has 1 aromatic carbocycles. The molecular weight excluding hydrogens is 236 g/mol. The van der Waals surface area contributed by atoms with Gasteiger partial charge in [0.15, 0.2) is 6.61 Å². The first-order chi connectivity index (χ1) is 8.18. The molecule has 1 amide bonds. The Morgan fingerprint density at radius 3 is 2.71 bits per heavy atom. The standard InChI is InChI=1S/C12H16N2O2S/c13-11(17)7-4-8-14-12(15)9-16-10-5-2-1-3-6-10/h1-3,5-6H,4,7-9H2,(H2,13,17)(H,14,15). The zero-order chi connectivity index (χ0) is 12.5. The summed E-state index contributed by atoms with van der Waals surface area (Å²) in [7, 11) is 0. The third-order valence-electron chi connectivity index (χ3n) is 2.04. The van der Waals surface area contributed by atoms with Crippen LogP contribution in [0.2, 0.25) is 0 Å². The zero-order valence-corrected chi connectivity index (χ0v) is 10.3. The predicted octanol–water partition coefficient (Wildman–Crippen LogP) is 1.25. The van der Waals surface area contributed by atoms with Crippen molar-refractivity contribution >= 4 is 23.1 Å². The molecule has 0 aromatic heterocycles. The van der Waals surface area contributed by atoms with Crippen LogP contribution < -0.4 is 15.8 Å². The van der Waals surface area contributed by atoms with Crippen LogP contribution in [0.15, 0.2) is 30.3 Å². The molecule has 0 aliphatic carbocycles. The fraction of sp³-hybridized carbons (Fsp3) is 0.333. The van der Waals surface area contributed by atoms with Gasteiger partial charge in [-0.2, -0.15) is 0 Å². The maximum atomic E-state index is 11.4. The second-order valence-electron chi connectivity index (χ2n) is 3.52. The number of carbonyl (C=O) groups excluding carboxylic acids is 1. The van der Waals surface area contributed by atoms with Gasteiger partial charge in [0.2, 0.25) is 0 Å². The average Bonchev–Trinajstić information content (AvgIpc) is 2.33. The second kappa shape index (κ2) is 7.62. The van der Waals surface area contributed by atoms with Crippen LogP contribution in [0.3, 0.4) is 0 Å². The fourth-order valence-electron chi connectivity index (χ4n) is 1.21. The summed E-state index contributed by atoms with van der Waals surface area (Å²) >= 11 is 4.73. The van der Waals surface area contributed by atoms with E-state index in [9.17, 15) is 4.79 Å². The van der Waals surface area contributed by atoms with E-state index in [1.54, 1.807) is 12.1 Å². The maximum absolute atomic E-state index is 11.4. The molecule has 0 radical (unpaired) electrons. The molecule has 0 atom stereocenters. The first kappa shape index (κ1) is 13.4. The van der Waals surface area contributed by atoms with Gasteiger partial charge in [0.1, 0.15) is 5.75 Å². The summed E-state index contributed by atoms with van der Waals surface area (Å²) in [6, 6.07) is 9.22.